The zero-order chi connectivity index (χ0) is 25.8. The van der Waals surface area contributed by atoms with E-state index in [1.807, 2.05) is 24.3 Å². The molecule has 0 spiro atoms. The third-order valence-corrected chi connectivity index (χ3v) is 5.39. The van der Waals surface area contributed by atoms with Crippen LogP contribution in [0.15, 0.2) is 67.3 Å². The van der Waals surface area contributed by atoms with Gasteiger partial charge in [0.05, 0.1) is 23.8 Å². The van der Waals surface area contributed by atoms with Gasteiger partial charge in [-0.3, -0.25) is 9.59 Å². The van der Waals surface area contributed by atoms with E-state index in [9.17, 15) is 18.4 Å². The lowest BCUT2D eigenvalue weighted by Gasteiger charge is -2.07. The quantitative estimate of drug-likeness (QED) is 0.283. The van der Waals surface area contributed by atoms with Gasteiger partial charge in [0, 0.05) is 35.7 Å². The Morgan fingerprint density at radius 1 is 1.08 bits per heavy atom. The summed E-state index contributed by atoms with van der Waals surface area (Å²) >= 11 is 0. The third-order valence-electron chi connectivity index (χ3n) is 5.39. The lowest BCUT2D eigenvalue weighted by atomic mass is 10.0. The number of benzene rings is 2. The molecule has 0 unspecified atom stereocenters. The van der Waals surface area contributed by atoms with Gasteiger partial charge in [0.25, 0.3) is 11.8 Å². The standard InChI is InChI=1S/C26H19F2N7O2/c27-20-6-4-16(12-21(20)28)33-23-7-9-30-24(35-23)26(37)31-8-1-2-15-3-5-18-19(11-17-13-29-14-32-17)25(36)34-22(18)10-15/h1-7,9-14H,8H2,(H,29,32)(H,31,37)(H,34,36)(H,30,33,35). The number of rotatable bonds is 7. The molecule has 9 nitrogen and oxygen atoms in total. The molecular weight excluding hydrogens is 480 g/mol. The highest BCUT2D eigenvalue weighted by Gasteiger charge is 2.24. The maximum absolute atomic E-state index is 13.4. The highest BCUT2D eigenvalue weighted by Crippen LogP contribution is 2.33. The number of hydrogen-bond donors (Lipinski definition) is 4. The van der Waals surface area contributed by atoms with Crippen molar-refractivity contribution >= 4 is 46.7 Å². The van der Waals surface area contributed by atoms with Crippen LogP contribution in [0.1, 0.15) is 27.4 Å². The topological polar surface area (TPSA) is 125 Å². The van der Waals surface area contributed by atoms with Crippen LogP contribution in [-0.2, 0) is 4.79 Å². The number of aromatic amines is 1. The van der Waals surface area contributed by atoms with Gasteiger partial charge in [0.1, 0.15) is 5.82 Å². The summed E-state index contributed by atoms with van der Waals surface area (Å²) in [7, 11) is 0. The molecule has 0 atom stereocenters. The van der Waals surface area contributed by atoms with Crippen LogP contribution in [0.5, 0.6) is 0 Å². The molecule has 11 heteroatoms. The Bertz CT molecular complexity index is 1550. The second kappa shape index (κ2) is 10.2. The zero-order valence-electron chi connectivity index (χ0n) is 19.1. The summed E-state index contributed by atoms with van der Waals surface area (Å²) in [6.45, 7) is 0.206. The normalized spacial score (nSPS) is 13.6. The minimum atomic E-state index is -0.999. The Labute approximate surface area is 209 Å². The molecule has 1 aliphatic heterocycles. The van der Waals surface area contributed by atoms with Crippen LogP contribution in [0.25, 0.3) is 17.7 Å². The van der Waals surface area contributed by atoms with Crippen LogP contribution < -0.4 is 16.0 Å². The molecule has 184 valence electrons. The van der Waals surface area contributed by atoms with Gasteiger partial charge in [-0.05, 0) is 35.9 Å². The molecule has 2 aromatic heterocycles. The SMILES string of the molecule is O=C1Nc2cc(C=CCNC(=O)c3nccc(Nc4ccc(F)c(F)c4)n3)ccc2C1=Cc1cnc[nH]1. The van der Waals surface area contributed by atoms with Crippen molar-refractivity contribution in [2.24, 2.45) is 0 Å². The number of anilines is 3. The summed E-state index contributed by atoms with van der Waals surface area (Å²) in [5, 5.41) is 8.35. The Morgan fingerprint density at radius 2 is 1.97 bits per heavy atom. The van der Waals surface area contributed by atoms with Crippen molar-refractivity contribution in [3.05, 3.63) is 102 Å². The largest absolute Gasteiger partial charge is 0.346 e. The van der Waals surface area contributed by atoms with Crippen molar-refractivity contribution in [1.82, 2.24) is 25.3 Å². The summed E-state index contributed by atoms with van der Waals surface area (Å²) in [5.74, 6) is -2.49. The lowest BCUT2D eigenvalue weighted by molar-refractivity contribution is -0.110. The van der Waals surface area contributed by atoms with Crippen molar-refractivity contribution in [3.8, 4) is 0 Å². The number of amides is 2. The first-order chi connectivity index (χ1) is 18.0. The maximum atomic E-state index is 13.4. The fourth-order valence-corrected chi connectivity index (χ4v) is 3.65. The van der Waals surface area contributed by atoms with Gasteiger partial charge in [0.2, 0.25) is 5.82 Å². The van der Waals surface area contributed by atoms with Gasteiger partial charge in [-0.25, -0.2) is 23.7 Å². The van der Waals surface area contributed by atoms with Gasteiger partial charge in [-0.1, -0.05) is 24.3 Å². The predicted molar refractivity (Wildman–Crippen MR) is 135 cm³/mol. The Kier molecular flexibility index (Phi) is 6.49. The molecule has 2 aromatic carbocycles. The summed E-state index contributed by atoms with van der Waals surface area (Å²) in [5.41, 5.74) is 3.88. The molecule has 0 fully saturated rings. The van der Waals surface area contributed by atoms with Gasteiger partial charge in [-0.2, -0.15) is 0 Å². The van der Waals surface area contributed by atoms with Crippen molar-refractivity contribution in [3.63, 3.8) is 0 Å². The van der Waals surface area contributed by atoms with Gasteiger partial charge >= 0.3 is 0 Å². The molecule has 0 aliphatic carbocycles. The number of carbonyl (C=O) groups excluding carboxylic acids is 2. The number of aromatic nitrogens is 4. The van der Waals surface area contributed by atoms with E-state index in [2.05, 4.69) is 35.9 Å². The molecule has 1 aliphatic rings. The van der Waals surface area contributed by atoms with Crippen molar-refractivity contribution in [2.75, 3.05) is 17.2 Å². The van der Waals surface area contributed by atoms with Crippen molar-refractivity contribution < 1.29 is 18.4 Å². The molecule has 0 saturated heterocycles. The molecule has 3 heterocycles. The van der Waals surface area contributed by atoms with E-state index in [0.29, 0.717) is 11.3 Å². The maximum Gasteiger partial charge on any atom is 0.289 e. The first-order valence-corrected chi connectivity index (χ1v) is 11.1. The number of nitrogens with one attached hydrogen (secondary N) is 4. The first kappa shape index (κ1) is 23.5. The van der Waals surface area contributed by atoms with E-state index in [0.717, 1.165) is 29.0 Å². The van der Waals surface area contributed by atoms with E-state index < -0.39 is 17.5 Å². The highest BCUT2D eigenvalue weighted by molar-refractivity contribution is 6.34. The second-order valence-electron chi connectivity index (χ2n) is 7.96. The van der Waals surface area contributed by atoms with E-state index in [1.54, 1.807) is 24.7 Å². The smallest absolute Gasteiger partial charge is 0.289 e. The van der Waals surface area contributed by atoms with Crippen LogP contribution >= 0.6 is 0 Å². The second-order valence-corrected chi connectivity index (χ2v) is 7.96. The first-order valence-electron chi connectivity index (χ1n) is 11.1. The Balaban J connectivity index is 1.19. The molecule has 0 saturated carbocycles. The van der Waals surface area contributed by atoms with E-state index in [-0.39, 0.29) is 29.8 Å². The number of halogens is 2. The molecule has 4 N–H and O–H groups in total. The highest BCUT2D eigenvalue weighted by atomic mass is 19.2. The summed E-state index contributed by atoms with van der Waals surface area (Å²) in [4.78, 5) is 39.8. The average Bonchev–Trinajstić information content (AvgIpc) is 3.52. The fraction of sp³-hybridized carbons (Fsp3) is 0.0385. The number of fused-ring (bicyclic) bond motifs is 1. The molecule has 2 amide bonds. The van der Waals surface area contributed by atoms with Crippen molar-refractivity contribution in [2.45, 2.75) is 0 Å². The number of nitrogens with zero attached hydrogens (tertiary/aromatic N) is 3. The number of H-pyrrole nitrogens is 1. The summed E-state index contributed by atoms with van der Waals surface area (Å²) in [6, 6.07) is 10.4. The monoisotopic (exact) mass is 499 g/mol. The van der Waals surface area contributed by atoms with Crippen LogP contribution in [0, 0.1) is 11.6 Å². The van der Waals surface area contributed by atoms with Crippen molar-refractivity contribution in [1.29, 1.82) is 0 Å². The minimum absolute atomic E-state index is 0.0854. The number of imidazole rings is 1. The predicted octanol–water partition coefficient (Wildman–Crippen LogP) is 4.16. The molecule has 0 radical (unpaired) electrons. The number of hydrogen-bond acceptors (Lipinski definition) is 6. The summed E-state index contributed by atoms with van der Waals surface area (Å²) < 4.78 is 26.5. The minimum Gasteiger partial charge on any atom is -0.346 e. The number of carbonyl (C=O) groups is 2. The third kappa shape index (κ3) is 5.40. The van der Waals surface area contributed by atoms with Crippen LogP contribution in [0.3, 0.4) is 0 Å². The van der Waals surface area contributed by atoms with Crippen LogP contribution in [0.4, 0.5) is 26.0 Å². The van der Waals surface area contributed by atoms with E-state index in [1.165, 1.54) is 18.3 Å². The van der Waals surface area contributed by atoms with Crippen LogP contribution in [-0.4, -0.2) is 38.3 Å². The molecule has 5 rings (SSSR count). The fourth-order valence-electron chi connectivity index (χ4n) is 3.65. The molecular formula is C26H19F2N7O2. The lowest BCUT2D eigenvalue weighted by Crippen LogP contribution is -2.25. The zero-order valence-corrected chi connectivity index (χ0v) is 19.1. The summed E-state index contributed by atoms with van der Waals surface area (Å²) in [6.07, 6.45) is 9.86. The Morgan fingerprint density at radius 3 is 2.78 bits per heavy atom. The average molecular weight is 499 g/mol. The molecule has 0 bridgehead atoms. The van der Waals surface area contributed by atoms with Gasteiger partial charge in [-0.15, -0.1) is 0 Å². The van der Waals surface area contributed by atoms with Crippen LogP contribution in [0.2, 0.25) is 0 Å². The van der Waals surface area contributed by atoms with Gasteiger partial charge in [0.15, 0.2) is 11.6 Å². The molecule has 4 aromatic rings. The Hall–Kier alpha value is -5.19. The van der Waals surface area contributed by atoms with Gasteiger partial charge < -0.3 is 20.9 Å². The molecule has 37 heavy (non-hydrogen) atoms. The van der Waals surface area contributed by atoms with E-state index >= 15 is 0 Å². The van der Waals surface area contributed by atoms with E-state index in [4.69, 9.17) is 0 Å².